The van der Waals surface area contributed by atoms with Gasteiger partial charge < -0.3 is 4.74 Å². The fraction of sp³-hybridized carbons (Fsp3) is 0.385. The Morgan fingerprint density at radius 1 is 1.24 bits per heavy atom. The molecule has 0 atom stereocenters. The number of halogens is 1. The molecule has 0 unspecified atom stereocenters. The molecule has 0 radical (unpaired) electrons. The molecule has 0 bridgehead atoms. The van der Waals surface area contributed by atoms with Gasteiger partial charge in [-0.05, 0) is 31.7 Å². The Hall–Kier alpha value is -1.35. The molecular formula is C13H13ClN2O. The van der Waals surface area contributed by atoms with Crippen LogP contribution in [0.15, 0.2) is 24.5 Å². The van der Waals surface area contributed by atoms with Crippen LogP contribution in [-0.2, 0) is 0 Å². The van der Waals surface area contributed by atoms with E-state index in [9.17, 15) is 0 Å². The number of fused-ring (bicyclic) bond motifs is 1. The Kier molecular flexibility index (Phi) is 2.85. The van der Waals surface area contributed by atoms with E-state index in [4.69, 9.17) is 16.3 Å². The van der Waals surface area contributed by atoms with E-state index in [0.717, 1.165) is 29.5 Å². The van der Waals surface area contributed by atoms with Crippen molar-refractivity contribution in [3.8, 4) is 5.75 Å². The first kappa shape index (κ1) is 10.8. The molecule has 0 N–H and O–H groups in total. The van der Waals surface area contributed by atoms with Gasteiger partial charge in [0.05, 0.1) is 17.0 Å². The number of pyridine rings is 2. The maximum Gasteiger partial charge on any atom is 0.132 e. The van der Waals surface area contributed by atoms with E-state index in [1.807, 2.05) is 6.07 Å². The number of nitrogens with zero attached hydrogens (tertiary/aromatic N) is 2. The van der Waals surface area contributed by atoms with E-state index < -0.39 is 0 Å². The van der Waals surface area contributed by atoms with Gasteiger partial charge in [0.25, 0.3) is 0 Å². The van der Waals surface area contributed by atoms with Crippen molar-refractivity contribution in [2.75, 3.05) is 0 Å². The van der Waals surface area contributed by atoms with Crippen LogP contribution in [0.1, 0.15) is 25.7 Å². The van der Waals surface area contributed by atoms with Gasteiger partial charge in [0.1, 0.15) is 10.9 Å². The lowest BCUT2D eigenvalue weighted by molar-refractivity contribution is 0.212. The standard InChI is InChI=1S/C13H13ClN2O/c14-13-7-11-10(8-16-13)12(5-6-15-11)17-9-3-1-2-4-9/h5-9H,1-4H2. The molecule has 4 heteroatoms. The number of hydrogen-bond acceptors (Lipinski definition) is 3. The molecule has 2 aromatic rings. The van der Waals surface area contributed by atoms with Crippen molar-refractivity contribution in [3.63, 3.8) is 0 Å². The number of rotatable bonds is 2. The Morgan fingerprint density at radius 3 is 2.88 bits per heavy atom. The Balaban J connectivity index is 1.97. The minimum absolute atomic E-state index is 0.344. The lowest BCUT2D eigenvalue weighted by Crippen LogP contribution is -2.11. The second-order valence-electron chi connectivity index (χ2n) is 4.36. The van der Waals surface area contributed by atoms with Gasteiger partial charge in [-0.3, -0.25) is 4.98 Å². The maximum atomic E-state index is 6.01. The van der Waals surface area contributed by atoms with Crippen LogP contribution < -0.4 is 4.74 Å². The summed E-state index contributed by atoms with van der Waals surface area (Å²) in [5.74, 6) is 0.867. The zero-order valence-electron chi connectivity index (χ0n) is 9.40. The Morgan fingerprint density at radius 2 is 2.06 bits per heavy atom. The predicted molar refractivity (Wildman–Crippen MR) is 67.4 cm³/mol. The second-order valence-corrected chi connectivity index (χ2v) is 4.74. The van der Waals surface area contributed by atoms with E-state index in [0.29, 0.717) is 11.3 Å². The highest BCUT2D eigenvalue weighted by molar-refractivity contribution is 6.30. The summed E-state index contributed by atoms with van der Waals surface area (Å²) in [6.45, 7) is 0. The molecule has 0 saturated heterocycles. The van der Waals surface area contributed by atoms with Crippen molar-refractivity contribution in [1.82, 2.24) is 9.97 Å². The number of ether oxygens (including phenoxy) is 1. The summed E-state index contributed by atoms with van der Waals surface area (Å²) in [5, 5.41) is 1.40. The van der Waals surface area contributed by atoms with Crippen molar-refractivity contribution in [2.45, 2.75) is 31.8 Å². The van der Waals surface area contributed by atoms with Gasteiger partial charge in [0, 0.05) is 18.5 Å². The zero-order chi connectivity index (χ0) is 11.7. The van der Waals surface area contributed by atoms with Crippen LogP contribution in [0.4, 0.5) is 0 Å². The molecule has 2 aromatic heterocycles. The molecule has 0 aliphatic heterocycles. The highest BCUT2D eigenvalue weighted by Gasteiger charge is 2.17. The molecule has 3 rings (SSSR count). The molecule has 88 valence electrons. The molecule has 1 fully saturated rings. The molecule has 0 amide bonds. The van der Waals surface area contributed by atoms with Crippen molar-refractivity contribution in [1.29, 1.82) is 0 Å². The predicted octanol–water partition coefficient (Wildman–Crippen LogP) is 3.60. The first-order valence-corrected chi connectivity index (χ1v) is 6.27. The van der Waals surface area contributed by atoms with Crippen molar-refractivity contribution in [2.24, 2.45) is 0 Å². The van der Waals surface area contributed by atoms with Crippen molar-refractivity contribution < 1.29 is 4.74 Å². The van der Waals surface area contributed by atoms with Gasteiger partial charge in [-0.2, -0.15) is 0 Å². The summed E-state index contributed by atoms with van der Waals surface area (Å²) < 4.78 is 6.01. The third-order valence-electron chi connectivity index (χ3n) is 3.15. The highest BCUT2D eigenvalue weighted by atomic mass is 35.5. The fourth-order valence-electron chi connectivity index (χ4n) is 2.28. The quantitative estimate of drug-likeness (QED) is 0.762. The van der Waals surface area contributed by atoms with Gasteiger partial charge in [-0.15, -0.1) is 0 Å². The molecule has 1 aliphatic carbocycles. The molecular weight excluding hydrogens is 236 g/mol. The van der Waals surface area contributed by atoms with Crippen LogP contribution in [-0.4, -0.2) is 16.1 Å². The molecule has 1 aliphatic rings. The largest absolute Gasteiger partial charge is 0.490 e. The monoisotopic (exact) mass is 248 g/mol. The SMILES string of the molecule is Clc1cc2nccc(OC3CCCC3)c2cn1. The molecule has 17 heavy (non-hydrogen) atoms. The van der Waals surface area contributed by atoms with Gasteiger partial charge in [0.2, 0.25) is 0 Å². The van der Waals surface area contributed by atoms with Gasteiger partial charge >= 0.3 is 0 Å². The second kappa shape index (κ2) is 4.49. The summed E-state index contributed by atoms with van der Waals surface area (Å²) >= 11 is 5.85. The van der Waals surface area contributed by atoms with E-state index in [2.05, 4.69) is 9.97 Å². The van der Waals surface area contributed by atoms with Crippen LogP contribution >= 0.6 is 11.6 Å². The first-order valence-electron chi connectivity index (χ1n) is 5.90. The van der Waals surface area contributed by atoms with Gasteiger partial charge in [0.15, 0.2) is 0 Å². The lowest BCUT2D eigenvalue weighted by Gasteiger charge is -2.14. The van der Waals surface area contributed by atoms with Crippen LogP contribution in [0, 0.1) is 0 Å². The Bertz CT molecular complexity index is 538. The van der Waals surface area contributed by atoms with Crippen LogP contribution in [0.3, 0.4) is 0 Å². The fourth-order valence-corrected chi connectivity index (χ4v) is 2.43. The summed E-state index contributed by atoms with van der Waals surface area (Å²) in [6.07, 6.45) is 8.64. The zero-order valence-corrected chi connectivity index (χ0v) is 10.2. The summed E-state index contributed by atoms with van der Waals surface area (Å²) in [4.78, 5) is 8.36. The normalized spacial score (nSPS) is 16.5. The molecule has 1 saturated carbocycles. The van der Waals surface area contributed by atoms with E-state index in [1.165, 1.54) is 12.8 Å². The minimum Gasteiger partial charge on any atom is -0.490 e. The van der Waals surface area contributed by atoms with E-state index >= 15 is 0 Å². The first-order chi connectivity index (χ1) is 8.33. The number of hydrogen-bond donors (Lipinski definition) is 0. The molecule has 3 nitrogen and oxygen atoms in total. The van der Waals surface area contributed by atoms with E-state index in [-0.39, 0.29) is 0 Å². The third-order valence-corrected chi connectivity index (χ3v) is 3.36. The summed E-state index contributed by atoms with van der Waals surface area (Å²) in [5.41, 5.74) is 0.834. The molecule has 0 spiro atoms. The maximum absolute atomic E-state index is 6.01. The average molecular weight is 249 g/mol. The summed E-state index contributed by atoms with van der Waals surface area (Å²) in [7, 11) is 0. The van der Waals surface area contributed by atoms with Gasteiger partial charge in [-0.25, -0.2) is 4.98 Å². The lowest BCUT2D eigenvalue weighted by atomic mass is 10.2. The smallest absolute Gasteiger partial charge is 0.132 e. The van der Waals surface area contributed by atoms with Crippen LogP contribution in [0.2, 0.25) is 5.15 Å². The highest BCUT2D eigenvalue weighted by Crippen LogP contribution is 2.29. The van der Waals surface area contributed by atoms with Gasteiger partial charge in [-0.1, -0.05) is 11.6 Å². The molecule has 0 aromatic carbocycles. The van der Waals surface area contributed by atoms with Crippen LogP contribution in [0.25, 0.3) is 10.9 Å². The van der Waals surface area contributed by atoms with Crippen LogP contribution in [0.5, 0.6) is 5.75 Å². The number of aromatic nitrogens is 2. The molecule has 2 heterocycles. The average Bonchev–Trinajstić information content (AvgIpc) is 2.82. The third kappa shape index (κ3) is 2.20. The van der Waals surface area contributed by atoms with Crippen molar-refractivity contribution in [3.05, 3.63) is 29.7 Å². The minimum atomic E-state index is 0.344. The topological polar surface area (TPSA) is 35.0 Å². The Labute approximate surface area is 105 Å². The summed E-state index contributed by atoms with van der Waals surface area (Å²) in [6, 6.07) is 3.66. The van der Waals surface area contributed by atoms with E-state index in [1.54, 1.807) is 18.5 Å². The van der Waals surface area contributed by atoms with Crippen molar-refractivity contribution >= 4 is 22.5 Å².